The van der Waals surface area contributed by atoms with Gasteiger partial charge in [-0.15, -0.1) is 0 Å². The van der Waals surface area contributed by atoms with Crippen LogP contribution in [0.2, 0.25) is 0 Å². The van der Waals surface area contributed by atoms with Crippen molar-refractivity contribution in [1.82, 2.24) is 0 Å². The van der Waals surface area contributed by atoms with E-state index in [0.29, 0.717) is 30.2 Å². The molecule has 0 atom stereocenters. The number of hydrogen-bond donors (Lipinski definition) is 2. The zero-order valence-electron chi connectivity index (χ0n) is 12.4. The fourth-order valence-electron chi connectivity index (χ4n) is 1.77. The second-order valence-corrected chi connectivity index (χ2v) is 4.19. The van der Waals surface area contributed by atoms with Gasteiger partial charge in [-0.25, -0.2) is 4.79 Å². The minimum Gasteiger partial charge on any atom is -0.493 e. The standard InChI is InChI=1S/C14H20N2O5/c1-19-11-8-9(14(18)21-3)7-10(13(11)20-2)16-12(17)5-4-6-15/h7-8H,4-6,15H2,1-3H3,(H,16,17). The van der Waals surface area contributed by atoms with E-state index in [1.807, 2.05) is 0 Å². The summed E-state index contributed by atoms with van der Waals surface area (Å²) < 4.78 is 15.1. The number of anilines is 1. The van der Waals surface area contributed by atoms with Crippen molar-refractivity contribution >= 4 is 17.6 Å². The molecule has 21 heavy (non-hydrogen) atoms. The zero-order valence-corrected chi connectivity index (χ0v) is 12.4. The van der Waals surface area contributed by atoms with E-state index >= 15 is 0 Å². The van der Waals surface area contributed by atoms with E-state index in [9.17, 15) is 9.59 Å². The molecule has 0 fully saturated rings. The molecule has 0 aliphatic heterocycles. The third-order valence-electron chi connectivity index (χ3n) is 2.78. The molecule has 0 radical (unpaired) electrons. The summed E-state index contributed by atoms with van der Waals surface area (Å²) in [6.07, 6.45) is 0.854. The first-order valence-corrected chi connectivity index (χ1v) is 6.41. The molecular formula is C14H20N2O5. The Morgan fingerprint density at radius 3 is 2.43 bits per heavy atom. The molecule has 0 bridgehead atoms. The van der Waals surface area contributed by atoms with Gasteiger partial charge in [0.25, 0.3) is 0 Å². The van der Waals surface area contributed by atoms with Crippen molar-refractivity contribution in [2.45, 2.75) is 12.8 Å². The smallest absolute Gasteiger partial charge is 0.338 e. The maximum absolute atomic E-state index is 11.8. The summed E-state index contributed by atoms with van der Waals surface area (Å²) in [5.41, 5.74) is 5.97. The topological polar surface area (TPSA) is 99.9 Å². The Hall–Kier alpha value is -2.28. The molecule has 1 aromatic carbocycles. The highest BCUT2D eigenvalue weighted by atomic mass is 16.5. The summed E-state index contributed by atoms with van der Waals surface area (Å²) in [6, 6.07) is 2.97. The molecule has 0 saturated carbocycles. The number of hydrogen-bond acceptors (Lipinski definition) is 6. The summed E-state index contributed by atoms with van der Waals surface area (Å²) in [7, 11) is 4.17. The minimum absolute atomic E-state index is 0.220. The largest absolute Gasteiger partial charge is 0.493 e. The predicted molar refractivity (Wildman–Crippen MR) is 77.8 cm³/mol. The van der Waals surface area contributed by atoms with Crippen LogP contribution < -0.4 is 20.5 Å². The van der Waals surface area contributed by atoms with Crippen LogP contribution in [0.5, 0.6) is 11.5 Å². The number of benzene rings is 1. The lowest BCUT2D eigenvalue weighted by molar-refractivity contribution is -0.116. The number of nitrogens with one attached hydrogen (secondary N) is 1. The van der Waals surface area contributed by atoms with Crippen molar-refractivity contribution in [2.24, 2.45) is 5.73 Å². The average molecular weight is 296 g/mol. The molecule has 0 heterocycles. The van der Waals surface area contributed by atoms with Gasteiger partial charge in [0.05, 0.1) is 32.6 Å². The van der Waals surface area contributed by atoms with Crippen molar-refractivity contribution in [2.75, 3.05) is 33.2 Å². The SMILES string of the molecule is COC(=O)c1cc(NC(=O)CCCN)c(OC)c(OC)c1. The molecule has 0 unspecified atom stereocenters. The van der Waals surface area contributed by atoms with E-state index < -0.39 is 5.97 Å². The summed E-state index contributed by atoms with van der Waals surface area (Å²) in [4.78, 5) is 23.5. The maximum Gasteiger partial charge on any atom is 0.338 e. The quantitative estimate of drug-likeness (QED) is 0.733. The van der Waals surface area contributed by atoms with Gasteiger partial charge < -0.3 is 25.3 Å². The number of methoxy groups -OCH3 is 3. The second-order valence-electron chi connectivity index (χ2n) is 4.19. The van der Waals surface area contributed by atoms with Crippen molar-refractivity contribution < 1.29 is 23.8 Å². The number of nitrogens with two attached hydrogens (primary N) is 1. The van der Waals surface area contributed by atoms with E-state index in [2.05, 4.69) is 10.1 Å². The Bertz CT molecular complexity index is 516. The van der Waals surface area contributed by atoms with Crippen LogP contribution in [0.1, 0.15) is 23.2 Å². The molecular weight excluding hydrogens is 276 g/mol. The van der Waals surface area contributed by atoms with E-state index in [1.54, 1.807) is 0 Å². The number of amides is 1. The van der Waals surface area contributed by atoms with Crippen LogP contribution in [0.3, 0.4) is 0 Å². The molecule has 116 valence electrons. The van der Waals surface area contributed by atoms with E-state index in [4.69, 9.17) is 15.2 Å². The Morgan fingerprint density at radius 1 is 1.19 bits per heavy atom. The summed E-state index contributed by atoms with van der Waals surface area (Å²) >= 11 is 0. The lowest BCUT2D eigenvalue weighted by atomic mass is 10.1. The van der Waals surface area contributed by atoms with Crippen LogP contribution in [0.15, 0.2) is 12.1 Å². The number of esters is 1. The van der Waals surface area contributed by atoms with Crippen LogP contribution in [-0.2, 0) is 9.53 Å². The first-order valence-electron chi connectivity index (χ1n) is 6.41. The van der Waals surface area contributed by atoms with Gasteiger partial charge in [0.15, 0.2) is 11.5 Å². The fraction of sp³-hybridized carbons (Fsp3) is 0.429. The van der Waals surface area contributed by atoms with Gasteiger partial charge in [0.2, 0.25) is 5.91 Å². The normalized spacial score (nSPS) is 9.90. The summed E-state index contributed by atoms with van der Waals surface area (Å²) in [5, 5.41) is 2.68. The van der Waals surface area contributed by atoms with E-state index in [0.717, 1.165) is 0 Å². The number of rotatable bonds is 7. The Morgan fingerprint density at radius 2 is 1.90 bits per heavy atom. The number of carbonyl (C=O) groups excluding carboxylic acids is 2. The van der Waals surface area contributed by atoms with Gasteiger partial charge in [-0.05, 0) is 25.1 Å². The maximum atomic E-state index is 11.8. The molecule has 1 amide bonds. The predicted octanol–water partition coefficient (Wildman–Crippen LogP) is 1.17. The average Bonchev–Trinajstić information content (AvgIpc) is 2.51. The third kappa shape index (κ3) is 4.35. The van der Waals surface area contributed by atoms with Gasteiger partial charge in [0.1, 0.15) is 0 Å². The third-order valence-corrected chi connectivity index (χ3v) is 2.78. The highest BCUT2D eigenvalue weighted by Gasteiger charge is 2.18. The molecule has 7 heteroatoms. The van der Waals surface area contributed by atoms with Gasteiger partial charge in [-0.1, -0.05) is 0 Å². The molecule has 1 rings (SSSR count). The van der Waals surface area contributed by atoms with E-state index in [-0.39, 0.29) is 17.9 Å². The first kappa shape index (κ1) is 16.8. The summed E-state index contributed by atoms with van der Waals surface area (Å²) in [5.74, 6) is -0.0861. The lowest BCUT2D eigenvalue weighted by Gasteiger charge is -2.15. The zero-order chi connectivity index (χ0) is 15.8. The molecule has 0 aliphatic carbocycles. The fourth-order valence-corrected chi connectivity index (χ4v) is 1.77. The van der Waals surface area contributed by atoms with Crippen molar-refractivity contribution in [3.63, 3.8) is 0 Å². The molecule has 0 aromatic heterocycles. The first-order chi connectivity index (χ1) is 10.1. The molecule has 0 saturated heterocycles. The molecule has 7 nitrogen and oxygen atoms in total. The van der Waals surface area contributed by atoms with E-state index in [1.165, 1.54) is 33.5 Å². The van der Waals surface area contributed by atoms with Crippen LogP contribution in [0.25, 0.3) is 0 Å². The lowest BCUT2D eigenvalue weighted by Crippen LogP contribution is -2.15. The van der Waals surface area contributed by atoms with Crippen LogP contribution >= 0.6 is 0 Å². The van der Waals surface area contributed by atoms with Gasteiger partial charge in [-0.3, -0.25) is 4.79 Å². The van der Waals surface area contributed by atoms with Crippen molar-refractivity contribution in [1.29, 1.82) is 0 Å². The summed E-state index contributed by atoms with van der Waals surface area (Å²) in [6.45, 7) is 0.427. The van der Waals surface area contributed by atoms with Crippen molar-refractivity contribution in [3.8, 4) is 11.5 Å². The Kier molecular flexibility index (Phi) is 6.48. The molecule has 3 N–H and O–H groups in total. The molecule has 0 spiro atoms. The van der Waals surface area contributed by atoms with Crippen molar-refractivity contribution in [3.05, 3.63) is 17.7 Å². The van der Waals surface area contributed by atoms with Gasteiger partial charge >= 0.3 is 5.97 Å². The number of carbonyl (C=O) groups is 2. The van der Waals surface area contributed by atoms with Crippen LogP contribution in [-0.4, -0.2) is 39.8 Å². The Balaban J connectivity index is 3.14. The highest BCUT2D eigenvalue weighted by molar-refractivity contribution is 5.97. The van der Waals surface area contributed by atoms with Gasteiger partial charge in [-0.2, -0.15) is 0 Å². The minimum atomic E-state index is -0.534. The van der Waals surface area contributed by atoms with Crippen LogP contribution in [0.4, 0.5) is 5.69 Å². The monoisotopic (exact) mass is 296 g/mol. The Labute approximate surface area is 123 Å². The number of ether oxygens (including phenoxy) is 3. The second kappa shape index (κ2) is 8.11. The van der Waals surface area contributed by atoms with Gasteiger partial charge in [0, 0.05) is 6.42 Å². The van der Waals surface area contributed by atoms with Crippen LogP contribution in [0, 0.1) is 0 Å². The molecule has 1 aromatic rings. The molecule has 0 aliphatic rings. The highest BCUT2D eigenvalue weighted by Crippen LogP contribution is 2.36.